The summed E-state index contributed by atoms with van der Waals surface area (Å²) in [5.74, 6) is -4.55. The molecule has 4 nitrogen and oxygen atoms in total. The van der Waals surface area contributed by atoms with Crippen LogP contribution in [0.3, 0.4) is 0 Å². The molecule has 8 heteroatoms. The van der Waals surface area contributed by atoms with Crippen LogP contribution in [-0.4, -0.2) is 28.1 Å². The normalized spacial score (nSPS) is 23.6. The largest absolute Gasteiger partial charge is 0.480 e. The molecule has 4 atom stereocenters. The van der Waals surface area contributed by atoms with Crippen LogP contribution in [0.1, 0.15) is 50.2 Å². The van der Waals surface area contributed by atoms with E-state index >= 15 is 8.78 Å². The van der Waals surface area contributed by atoms with Crippen molar-refractivity contribution >= 4 is 29.2 Å². The maximum absolute atomic E-state index is 15.1. The predicted molar refractivity (Wildman–Crippen MR) is 115 cm³/mol. The minimum atomic E-state index is -1.38. The van der Waals surface area contributed by atoms with Gasteiger partial charge in [-0.15, -0.1) is 0 Å². The number of carboxylic acids is 1. The standard InChI is InChI=1S/C23H22Cl2F2N2O2/c1-23(2,3)10-17-18(13-8-7-12(24)9-16(13)26)19(21(22(30)31)29(17)11-28)14-5-4-6-15(25)20(14)27/h4-9,17-19,21H,10H2,1-3H3,(H,30,31). The third kappa shape index (κ3) is 4.49. The Labute approximate surface area is 190 Å². The molecule has 1 saturated heterocycles. The van der Waals surface area contributed by atoms with Gasteiger partial charge in [-0.25, -0.2) is 13.6 Å². The molecule has 31 heavy (non-hydrogen) atoms. The van der Waals surface area contributed by atoms with Crippen molar-refractivity contribution < 1.29 is 18.7 Å². The fourth-order valence-electron chi connectivity index (χ4n) is 4.56. The van der Waals surface area contributed by atoms with Crippen LogP contribution >= 0.6 is 23.2 Å². The van der Waals surface area contributed by atoms with Gasteiger partial charge < -0.3 is 5.11 Å². The van der Waals surface area contributed by atoms with Crippen LogP contribution in [0, 0.1) is 28.5 Å². The molecule has 164 valence electrons. The lowest BCUT2D eigenvalue weighted by Crippen LogP contribution is -2.40. The first-order valence-corrected chi connectivity index (χ1v) is 10.5. The summed E-state index contributed by atoms with van der Waals surface area (Å²) in [6.45, 7) is 5.84. The summed E-state index contributed by atoms with van der Waals surface area (Å²) >= 11 is 11.9. The molecule has 0 bridgehead atoms. The van der Waals surface area contributed by atoms with Crippen LogP contribution in [0.2, 0.25) is 10.0 Å². The summed E-state index contributed by atoms with van der Waals surface area (Å²) < 4.78 is 30.2. The van der Waals surface area contributed by atoms with Crippen molar-refractivity contribution in [2.45, 2.75) is 51.1 Å². The number of aliphatic carboxylic acids is 1. The van der Waals surface area contributed by atoms with Gasteiger partial charge in [-0.3, -0.25) is 4.90 Å². The smallest absolute Gasteiger partial charge is 0.327 e. The van der Waals surface area contributed by atoms with E-state index in [-0.39, 0.29) is 26.6 Å². The van der Waals surface area contributed by atoms with E-state index in [0.29, 0.717) is 6.42 Å². The zero-order valence-corrected chi connectivity index (χ0v) is 18.8. The van der Waals surface area contributed by atoms with Crippen LogP contribution in [-0.2, 0) is 4.79 Å². The molecule has 1 aliphatic rings. The average Bonchev–Trinajstić information content (AvgIpc) is 2.96. The quantitative estimate of drug-likeness (QED) is 0.545. The zero-order valence-electron chi connectivity index (χ0n) is 17.2. The molecule has 1 fully saturated rings. The second-order valence-electron chi connectivity index (χ2n) is 8.98. The third-order valence-electron chi connectivity index (χ3n) is 5.65. The summed E-state index contributed by atoms with van der Waals surface area (Å²) in [6.07, 6.45) is 2.37. The van der Waals surface area contributed by atoms with E-state index in [2.05, 4.69) is 0 Å². The minimum Gasteiger partial charge on any atom is -0.480 e. The van der Waals surface area contributed by atoms with E-state index in [1.807, 2.05) is 27.0 Å². The average molecular weight is 467 g/mol. The molecule has 3 rings (SSSR count). The molecule has 1 heterocycles. The molecule has 2 aromatic carbocycles. The molecule has 0 amide bonds. The molecule has 0 aliphatic carbocycles. The van der Waals surface area contributed by atoms with Gasteiger partial charge in [0.2, 0.25) is 0 Å². The Morgan fingerprint density at radius 1 is 1.16 bits per heavy atom. The Balaban J connectivity index is 2.32. The Morgan fingerprint density at radius 3 is 2.39 bits per heavy atom. The van der Waals surface area contributed by atoms with Crippen molar-refractivity contribution in [3.8, 4) is 6.19 Å². The van der Waals surface area contributed by atoms with E-state index < -0.39 is 41.5 Å². The van der Waals surface area contributed by atoms with Crippen LogP contribution in [0.4, 0.5) is 8.78 Å². The van der Waals surface area contributed by atoms with Crippen molar-refractivity contribution in [2.24, 2.45) is 5.41 Å². The number of rotatable bonds is 4. The molecular formula is C23H22Cl2F2N2O2. The summed E-state index contributed by atoms with van der Waals surface area (Å²) in [5, 5.41) is 20.0. The highest BCUT2D eigenvalue weighted by molar-refractivity contribution is 6.31. The minimum absolute atomic E-state index is 0.0379. The van der Waals surface area contributed by atoms with Gasteiger partial charge in [0, 0.05) is 22.9 Å². The molecule has 0 saturated carbocycles. The fourth-order valence-corrected chi connectivity index (χ4v) is 4.90. The van der Waals surface area contributed by atoms with Gasteiger partial charge in [0.1, 0.15) is 17.7 Å². The van der Waals surface area contributed by atoms with Gasteiger partial charge >= 0.3 is 5.97 Å². The van der Waals surface area contributed by atoms with Gasteiger partial charge in [-0.2, -0.15) is 5.26 Å². The molecule has 0 spiro atoms. The van der Waals surface area contributed by atoms with E-state index in [1.165, 1.54) is 30.3 Å². The van der Waals surface area contributed by atoms with E-state index in [4.69, 9.17) is 23.2 Å². The van der Waals surface area contributed by atoms with Gasteiger partial charge in [-0.05, 0) is 41.2 Å². The fraction of sp³-hybridized carbons (Fsp3) is 0.391. The lowest BCUT2D eigenvalue weighted by atomic mass is 9.74. The van der Waals surface area contributed by atoms with Crippen molar-refractivity contribution in [1.82, 2.24) is 4.90 Å². The molecule has 1 N–H and O–H groups in total. The molecule has 4 unspecified atom stereocenters. The van der Waals surface area contributed by atoms with Crippen molar-refractivity contribution in [3.05, 3.63) is 69.2 Å². The second-order valence-corrected chi connectivity index (χ2v) is 9.83. The van der Waals surface area contributed by atoms with Crippen molar-refractivity contribution in [2.75, 3.05) is 0 Å². The number of carboxylic acid groups (broad SMARTS) is 1. The SMILES string of the molecule is CC(C)(C)CC1C(c2ccc(Cl)cc2F)C(c2cccc(Cl)c2F)C(C(=O)O)N1C#N. The van der Waals surface area contributed by atoms with Crippen LogP contribution in [0.5, 0.6) is 0 Å². The number of hydrogen-bond acceptors (Lipinski definition) is 3. The topological polar surface area (TPSA) is 64.3 Å². The number of hydrogen-bond donors (Lipinski definition) is 1. The summed E-state index contributed by atoms with van der Waals surface area (Å²) in [4.78, 5) is 13.5. The highest BCUT2D eigenvalue weighted by Gasteiger charge is 2.55. The lowest BCUT2D eigenvalue weighted by molar-refractivity contribution is -0.142. The van der Waals surface area contributed by atoms with Crippen LogP contribution < -0.4 is 0 Å². The number of benzene rings is 2. The highest BCUT2D eigenvalue weighted by atomic mass is 35.5. The van der Waals surface area contributed by atoms with Crippen molar-refractivity contribution in [3.63, 3.8) is 0 Å². The van der Waals surface area contributed by atoms with E-state index in [0.717, 1.165) is 11.0 Å². The maximum atomic E-state index is 15.1. The van der Waals surface area contributed by atoms with Crippen LogP contribution in [0.25, 0.3) is 0 Å². The summed E-state index contributed by atoms with van der Waals surface area (Å²) in [5.41, 5.74) is -0.0888. The number of halogens is 4. The summed E-state index contributed by atoms with van der Waals surface area (Å²) in [6, 6.07) is 6.38. The number of likely N-dealkylation sites (tertiary alicyclic amines) is 1. The first kappa shape index (κ1) is 23.3. The van der Waals surface area contributed by atoms with E-state index in [1.54, 1.807) is 0 Å². The first-order chi connectivity index (χ1) is 14.5. The van der Waals surface area contributed by atoms with Gasteiger partial charge in [0.15, 0.2) is 6.19 Å². The molecule has 0 radical (unpaired) electrons. The zero-order chi connectivity index (χ0) is 23.1. The Bertz CT molecular complexity index is 1050. The van der Waals surface area contributed by atoms with Crippen LogP contribution in [0.15, 0.2) is 36.4 Å². The molecule has 2 aromatic rings. The number of carbonyl (C=O) groups is 1. The predicted octanol–water partition coefficient (Wildman–Crippen LogP) is 6.19. The highest BCUT2D eigenvalue weighted by Crippen LogP contribution is 2.52. The third-order valence-corrected chi connectivity index (χ3v) is 6.18. The van der Waals surface area contributed by atoms with Crippen molar-refractivity contribution in [1.29, 1.82) is 5.26 Å². The number of nitriles is 1. The van der Waals surface area contributed by atoms with Gasteiger partial charge in [0.25, 0.3) is 0 Å². The maximum Gasteiger partial charge on any atom is 0.327 e. The Hall–Kier alpha value is -2.36. The van der Waals surface area contributed by atoms with E-state index in [9.17, 15) is 15.2 Å². The van der Waals surface area contributed by atoms with Gasteiger partial charge in [-0.1, -0.05) is 62.2 Å². The molecular weight excluding hydrogens is 445 g/mol. The first-order valence-electron chi connectivity index (χ1n) is 9.76. The Kier molecular flexibility index (Phi) is 6.50. The lowest BCUT2D eigenvalue weighted by Gasteiger charge is -2.32. The van der Waals surface area contributed by atoms with Gasteiger partial charge in [0.05, 0.1) is 5.02 Å². The summed E-state index contributed by atoms with van der Waals surface area (Å²) in [7, 11) is 0. The molecule has 0 aromatic heterocycles. The second kappa shape index (κ2) is 8.64. The molecule has 1 aliphatic heterocycles. The Morgan fingerprint density at radius 2 is 1.84 bits per heavy atom. The number of nitrogens with zero attached hydrogens (tertiary/aromatic N) is 2. The monoisotopic (exact) mass is 466 g/mol.